The van der Waals surface area contributed by atoms with Gasteiger partial charge in [0.05, 0.1) is 16.6 Å². The molecule has 4 nitrogen and oxygen atoms in total. The van der Waals surface area contributed by atoms with Crippen molar-refractivity contribution in [2.45, 2.75) is 6.42 Å². The third-order valence-corrected chi connectivity index (χ3v) is 6.50. The zero-order valence-corrected chi connectivity index (χ0v) is 16.4. The molecule has 3 aromatic carbocycles. The maximum absolute atomic E-state index is 12.9. The Balaban J connectivity index is 1.26. The summed E-state index contributed by atoms with van der Waals surface area (Å²) in [6.07, 6.45) is 0.461. The van der Waals surface area contributed by atoms with Crippen molar-refractivity contribution in [1.29, 1.82) is 0 Å². The van der Waals surface area contributed by atoms with E-state index in [1.54, 1.807) is 11.3 Å². The Bertz CT molecular complexity index is 1110. The molecule has 0 atom stereocenters. The number of para-hydroxylation sites is 1. The molecular weight excluding hydrogens is 366 g/mol. The van der Waals surface area contributed by atoms with Crippen LogP contribution in [-0.4, -0.2) is 42.0 Å². The summed E-state index contributed by atoms with van der Waals surface area (Å²) in [6, 6.07) is 22.7. The number of aromatic nitrogens is 1. The van der Waals surface area contributed by atoms with Gasteiger partial charge in [-0.1, -0.05) is 65.9 Å². The molecule has 0 aliphatic carbocycles. The van der Waals surface area contributed by atoms with E-state index >= 15 is 0 Å². The Hall–Kier alpha value is -2.92. The SMILES string of the molecule is O=C(Cc1cccc2ccccc12)N1CCN(c2nc3ccccc3s2)CC1. The molecule has 4 aromatic rings. The van der Waals surface area contributed by atoms with E-state index < -0.39 is 0 Å². The molecule has 1 aromatic heterocycles. The Morgan fingerprint density at radius 2 is 1.64 bits per heavy atom. The quantitative estimate of drug-likeness (QED) is 0.525. The predicted molar refractivity (Wildman–Crippen MR) is 116 cm³/mol. The molecule has 0 radical (unpaired) electrons. The van der Waals surface area contributed by atoms with Crippen molar-refractivity contribution in [2.24, 2.45) is 0 Å². The summed E-state index contributed by atoms with van der Waals surface area (Å²) >= 11 is 1.73. The number of anilines is 1. The third-order valence-electron chi connectivity index (χ3n) is 5.41. The zero-order valence-electron chi connectivity index (χ0n) is 15.5. The van der Waals surface area contributed by atoms with E-state index in [4.69, 9.17) is 4.98 Å². The number of benzene rings is 3. The van der Waals surface area contributed by atoms with Crippen molar-refractivity contribution in [3.63, 3.8) is 0 Å². The van der Waals surface area contributed by atoms with E-state index in [0.29, 0.717) is 6.42 Å². The van der Waals surface area contributed by atoms with Gasteiger partial charge in [0.15, 0.2) is 5.13 Å². The Morgan fingerprint density at radius 3 is 2.50 bits per heavy atom. The van der Waals surface area contributed by atoms with Crippen LogP contribution < -0.4 is 4.90 Å². The summed E-state index contributed by atoms with van der Waals surface area (Å²) in [6.45, 7) is 3.17. The summed E-state index contributed by atoms with van der Waals surface area (Å²) in [4.78, 5) is 21.9. The fraction of sp³-hybridized carbons (Fsp3) is 0.217. The molecule has 5 heteroatoms. The van der Waals surface area contributed by atoms with Crippen LogP contribution in [0.15, 0.2) is 66.7 Å². The van der Waals surface area contributed by atoms with Gasteiger partial charge in [0.2, 0.25) is 5.91 Å². The Labute approximate surface area is 168 Å². The second-order valence-electron chi connectivity index (χ2n) is 7.15. The van der Waals surface area contributed by atoms with E-state index in [0.717, 1.165) is 42.4 Å². The van der Waals surface area contributed by atoms with Crippen LogP contribution in [0.4, 0.5) is 5.13 Å². The molecule has 1 amide bonds. The summed E-state index contributed by atoms with van der Waals surface area (Å²) in [7, 11) is 0. The fourth-order valence-corrected chi connectivity index (χ4v) is 4.88. The lowest BCUT2D eigenvalue weighted by Crippen LogP contribution is -2.49. The highest BCUT2D eigenvalue weighted by Crippen LogP contribution is 2.29. The summed E-state index contributed by atoms with van der Waals surface area (Å²) in [5.74, 6) is 0.209. The molecule has 0 N–H and O–H groups in total. The first-order valence-electron chi connectivity index (χ1n) is 9.63. The van der Waals surface area contributed by atoms with Gasteiger partial charge in [-0.15, -0.1) is 0 Å². The Kier molecular flexibility index (Phi) is 4.45. The third kappa shape index (κ3) is 3.22. The number of nitrogens with zero attached hydrogens (tertiary/aromatic N) is 3. The van der Waals surface area contributed by atoms with Gasteiger partial charge in [-0.05, 0) is 28.5 Å². The van der Waals surface area contributed by atoms with Crippen molar-refractivity contribution in [3.8, 4) is 0 Å². The molecule has 1 aliphatic rings. The minimum absolute atomic E-state index is 0.209. The van der Waals surface area contributed by atoms with E-state index in [2.05, 4.69) is 41.3 Å². The van der Waals surface area contributed by atoms with E-state index in [1.165, 1.54) is 15.5 Å². The number of fused-ring (bicyclic) bond motifs is 2. The number of amides is 1. The minimum Gasteiger partial charge on any atom is -0.345 e. The second-order valence-corrected chi connectivity index (χ2v) is 8.16. The standard InChI is InChI=1S/C23H21N3OS/c27-22(16-18-8-5-7-17-6-1-2-9-19(17)18)25-12-14-26(15-13-25)23-24-20-10-3-4-11-21(20)28-23/h1-11H,12-16H2. The first-order chi connectivity index (χ1) is 13.8. The number of carbonyl (C=O) groups excluding carboxylic acids is 1. The van der Waals surface area contributed by atoms with Crippen LogP contribution in [0.2, 0.25) is 0 Å². The molecule has 1 aliphatic heterocycles. The van der Waals surface area contributed by atoms with E-state index in [1.807, 2.05) is 35.2 Å². The molecular formula is C23H21N3OS. The smallest absolute Gasteiger partial charge is 0.227 e. The summed E-state index contributed by atoms with van der Waals surface area (Å²) in [5.41, 5.74) is 2.16. The highest BCUT2D eigenvalue weighted by molar-refractivity contribution is 7.22. The van der Waals surface area contributed by atoms with Crippen LogP contribution in [0.1, 0.15) is 5.56 Å². The number of rotatable bonds is 3. The zero-order chi connectivity index (χ0) is 18.9. The average Bonchev–Trinajstić information content (AvgIpc) is 3.18. The maximum Gasteiger partial charge on any atom is 0.227 e. The highest BCUT2D eigenvalue weighted by atomic mass is 32.1. The summed E-state index contributed by atoms with van der Waals surface area (Å²) < 4.78 is 1.21. The molecule has 0 saturated carbocycles. The first-order valence-corrected chi connectivity index (χ1v) is 10.4. The number of piperazine rings is 1. The van der Waals surface area contributed by atoms with Gasteiger partial charge in [-0.25, -0.2) is 4.98 Å². The van der Waals surface area contributed by atoms with Gasteiger partial charge in [-0.2, -0.15) is 0 Å². The van der Waals surface area contributed by atoms with Crippen LogP contribution in [0.5, 0.6) is 0 Å². The molecule has 28 heavy (non-hydrogen) atoms. The molecule has 0 spiro atoms. The van der Waals surface area contributed by atoms with Crippen LogP contribution in [0, 0.1) is 0 Å². The van der Waals surface area contributed by atoms with Crippen molar-refractivity contribution in [2.75, 3.05) is 31.1 Å². The van der Waals surface area contributed by atoms with Crippen LogP contribution in [-0.2, 0) is 11.2 Å². The molecule has 0 bridgehead atoms. The number of carbonyl (C=O) groups is 1. The maximum atomic E-state index is 12.9. The van der Waals surface area contributed by atoms with Gasteiger partial charge in [0.25, 0.3) is 0 Å². The molecule has 1 saturated heterocycles. The predicted octanol–water partition coefficient (Wildman–Crippen LogP) is 4.34. The van der Waals surface area contributed by atoms with E-state index in [-0.39, 0.29) is 5.91 Å². The number of thiazole rings is 1. The first kappa shape index (κ1) is 17.2. The monoisotopic (exact) mass is 387 g/mol. The van der Waals surface area contributed by atoms with Gasteiger partial charge in [0.1, 0.15) is 0 Å². The van der Waals surface area contributed by atoms with Gasteiger partial charge >= 0.3 is 0 Å². The largest absolute Gasteiger partial charge is 0.345 e. The average molecular weight is 388 g/mol. The van der Waals surface area contributed by atoms with Gasteiger partial charge < -0.3 is 9.80 Å². The topological polar surface area (TPSA) is 36.4 Å². The lowest BCUT2D eigenvalue weighted by atomic mass is 10.0. The van der Waals surface area contributed by atoms with Crippen molar-refractivity contribution in [1.82, 2.24) is 9.88 Å². The second kappa shape index (κ2) is 7.24. The molecule has 140 valence electrons. The molecule has 1 fully saturated rings. The van der Waals surface area contributed by atoms with Crippen molar-refractivity contribution < 1.29 is 4.79 Å². The van der Waals surface area contributed by atoms with Gasteiger partial charge in [0, 0.05) is 26.2 Å². The van der Waals surface area contributed by atoms with Crippen LogP contribution in [0.3, 0.4) is 0 Å². The molecule has 5 rings (SSSR count). The lowest BCUT2D eigenvalue weighted by Gasteiger charge is -2.34. The summed E-state index contributed by atoms with van der Waals surface area (Å²) in [5, 5.41) is 3.42. The van der Waals surface area contributed by atoms with Crippen molar-refractivity contribution in [3.05, 3.63) is 72.3 Å². The number of hydrogen-bond acceptors (Lipinski definition) is 4. The van der Waals surface area contributed by atoms with Gasteiger partial charge in [-0.3, -0.25) is 4.79 Å². The minimum atomic E-state index is 0.209. The fourth-order valence-electron chi connectivity index (χ4n) is 3.86. The highest BCUT2D eigenvalue weighted by Gasteiger charge is 2.23. The van der Waals surface area contributed by atoms with Crippen LogP contribution >= 0.6 is 11.3 Å². The van der Waals surface area contributed by atoms with Crippen LogP contribution in [0.25, 0.3) is 21.0 Å². The normalized spacial score (nSPS) is 14.7. The number of hydrogen-bond donors (Lipinski definition) is 0. The Morgan fingerprint density at radius 1 is 0.893 bits per heavy atom. The molecule has 0 unspecified atom stereocenters. The van der Waals surface area contributed by atoms with E-state index in [9.17, 15) is 4.79 Å². The molecule has 2 heterocycles. The lowest BCUT2D eigenvalue weighted by molar-refractivity contribution is -0.130. The van der Waals surface area contributed by atoms with Crippen molar-refractivity contribution >= 4 is 43.4 Å².